The molecule has 0 saturated heterocycles. The lowest BCUT2D eigenvalue weighted by Crippen LogP contribution is -2.09. The van der Waals surface area contributed by atoms with E-state index in [0.717, 1.165) is 6.20 Å². The van der Waals surface area contributed by atoms with E-state index in [1.807, 2.05) is 0 Å². The normalized spacial score (nSPS) is 10.5. The van der Waals surface area contributed by atoms with Crippen LogP contribution in [-0.2, 0) is 0 Å². The Morgan fingerprint density at radius 1 is 1.73 bits per heavy atom. The lowest BCUT2D eigenvalue weighted by atomic mass is 10.5. The predicted molar refractivity (Wildman–Crippen MR) is 30.0 cm³/mol. The molecule has 0 aliphatic carbocycles. The van der Waals surface area contributed by atoms with Crippen molar-refractivity contribution in [2.45, 2.75) is 6.43 Å². The minimum atomic E-state index is -2.82. The van der Waals surface area contributed by atoms with E-state index < -0.39 is 18.2 Å². The van der Waals surface area contributed by atoms with Gasteiger partial charge in [-0.3, -0.25) is 4.79 Å². The topological polar surface area (TPSA) is 69.1 Å². The maximum absolute atomic E-state index is 11.7. The highest BCUT2D eigenvalue weighted by atomic mass is 19.3. The van der Waals surface area contributed by atoms with Crippen LogP contribution in [0.2, 0.25) is 0 Å². The SMILES string of the molecule is NC(=O)c1cnc(C(F)F)o1. The van der Waals surface area contributed by atoms with Crippen LogP contribution in [0.25, 0.3) is 0 Å². The van der Waals surface area contributed by atoms with E-state index >= 15 is 0 Å². The second-order valence-corrected chi connectivity index (χ2v) is 1.73. The van der Waals surface area contributed by atoms with Gasteiger partial charge < -0.3 is 10.2 Å². The number of hydrogen-bond acceptors (Lipinski definition) is 3. The maximum Gasteiger partial charge on any atom is 0.313 e. The van der Waals surface area contributed by atoms with E-state index in [1.165, 1.54) is 0 Å². The standard InChI is InChI=1S/C5H4F2N2O2/c6-3(7)5-9-1-2(11-5)4(8)10/h1,3H,(H2,8,10). The molecule has 6 heteroatoms. The highest BCUT2D eigenvalue weighted by Crippen LogP contribution is 2.17. The molecular weight excluding hydrogens is 158 g/mol. The zero-order valence-corrected chi connectivity index (χ0v) is 5.25. The molecule has 0 aliphatic heterocycles. The third kappa shape index (κ3) is 1.51. The average Bonchev–Trinajstić information content (AvgIpc) is 2.33. The number of nitrogens with zero attached hydrogens (tertiary/aromatic N) is 1. The van der Waals surface area contributed by atoms with E-state index in [-0.39, 0.29) is 5.76 Å². The van der Waals surface area contributed by atoms with Crippen molar-refractivity contribution in [1.29, 1.82) is 0 Å². The first-order valence-electron chi connectivity index (χ1n) is 2.65. The fraction of sp³-hybridized carbons (Fsp3) is 0.200. The number of nitrogens with two attached hydrogens (primary N) is 1. The summed E-state index contributed by atoms with van der Waals surface area (Å²) in [6.45, 7) is 0. The van der Waals surface area contributed by atoms with Gasteiger partial charge in [0.05, 0.1) is 6.20 Å². The lowest BCUT2D eigenvalue weighted by molar-refractivity contribution is 0.0935. The number of primary amides is 1. The molecule has 0 bridgehead atoms. The molecule has 60 valence electrons. The van der Waals surface area contributed by atoms with Crippen molar-refractivity contribution in [3.8, 4) is 0 Å². The number of oxazole rings is 1. The Hall–Kier alpha value is -1.46. The number of alkyl halides is 2. The molecule has 11 heavy (non-hydrogen) atoms. The zero-order valence-electron chi connectivity index (χ0n) is 5.25. The van der Waals surface area contributed by atoms with Crippen LogP contribution >= 0.6 is 0 Å². The number of amides is 1. The average molecular weight is 162 g/mol. The fourth-order valence-electron chi connectivity index (χ4n) is 0.502. The van der Waals surface area contributed by atoms with Crippen LogP contribution in [0.5, 0.6) is 0 Å². The van der Waals surface area contributed by atoms with Gasteiger partial charge in [0.15, 0.2) is 0 Å². The molecule has 4 nitrogen and oxygen atoms in total. The Morgan fingerprint density at radius 2 is 2.36 bits per heavy atom. The minimum Gasteiger partial charge on any atom is -0.430 e. The molecular formula is C5H4F2N2O2. The van der Waals surface area contributed by atoms with Gasteiger partial charge in [-0.25, -0.2) is 4.98 Å². The smallest absolute Gasteiger partial charge is 0.313 e. The van der Waals surface area contributed by atoms with E-state index in [4.69, 9.17) is 5.73 Å². The van der Waals surface area contributed by atoms with Crippen molar-refractivity contribution >= 4 is 5.91 Å². The molecule has 0 atom stereocenters. The van der Waals surface area contributed by atoms with Gasteiger partial charge in [-0.2, -0.15) is 8.78 Å². The molecule has 0 unspecified atom stereocenters. The van der Waals surface area contributed by atoms with Gasteiger partial charge in [-0.1, -0.05) is 0 Å². The molecule has 2 N–H and O–H groups in total. The van der Waals surface area contributed by atoms with Gasteiger partial charge in [0.2, 0.25) is 5.76 Å². The molecule has 0 spiro atoms. The number of hydrogen-bond donors (Lipinski definition) is 1. The summed E-state index contributed by atoms with van der Waals surface area (Å²) in [6.07, 6.45) is -1.95. The van der Waals surface area contributed by atoms with Crippen LogP contribution < -0.4 is 5.73 Å². The maximum atomic E-state index is 11.7. The minimum absolute atomic E-state index is 0.361. The summed E-state index contributed by atoms with van der Waals surface area (Å²) >= 11 is 0. The molecule has 0 aromatic carbocycles. The summed E-state index contributed by atoms with van der Waals surface area (Å²) in [6, 6.07) is 0. The zero-order chi connectivity index (χ0) is 8.43. The van der Waals surface area contributed by atoms with E-state index in [2.05, 4.69) is 9.40 Å². The summed E-state index contributed by atoms with van der Waals surface area (Å²) in [4.78, 5) is 13.4. The summed E-state index contributed by atoms with van der Waals surface area (Å²) in [5.41, 5.74) is 4.71. The summed E-state index contributed by atoms with van der Waals surface area (Å²) in [5, 5.41) is 0. The highest BCUT2D eigenvalue weighted by Gasteiger charge is 2.16. The Kier molecular flexibility index (Phi) is 1.84. The number of carbonyl (C=O) groups is 1. The van der Waals surface area contributed by atoms with Gasteiger partial charge in [0.25, 0.3) is 11.8 Å². The predicted octanol–water partition coefficient (Wildman–Crippen LogP) is 0.711. The monoisotopic (exact) mass is 162 g/mol. The Labute approximate surface area is 60.0 Å². The summed E-state index contributed by atoms with van der Waals surface area (Å²) < 4.78 is 27.7. The van der Waals surface area contributed by atoms with Crippen molar-refractivity contribution < 1.29 is 18.0 Å². The quantitative estimate of drug-likeness (QED) is 0.696. The van der Waals surface area contributed by atoms with E-state index in [1.54, 1.807) is 0 Å². The molecule has 1 aromatic rings. The highest BCUT2D eigenvalue weighted by molar-refractivity contribution is 5.89. The number of halogens is 2. The first-order valence-corrected chi connectivity index (χ1v) is 2.65. The lowest BCUT2D eigenvalue weighted by Gasteiger charge is -1.88. The number of aromatic nitrogens is 1. The molecule has 0 fully saturated rings. The van der Waals surface area contributed by atoms with Crippen molar-refractivity contribution in [1.82, 2.24) is 4.98 Å². The van der Waals surface area contributed by atoms with Gasteiger partial charge in [0.1, 0.15) is 0 Å². The first kappa shape index (κ1) is 7.64. The molecule has 0 aliphatic rings. The molecule has 1 heterocycles. The summed E-state index contributed by atoms with van der Waals surface area (Å²) in [5.74, 6) is -2.07. The Bertz CT molecular complexity index is 271. The van der Waals surface area contributed by atoms with Gasteiger partial charge in [0, 0.05) is 0 Å². The van der Waals surface area contributed by atoms with Crippen molar-refractivity contribution in [2.75, 3.05) is 0 Å². The van der Waals surface area contributed by atoms with Crippen LogP contribution in [0.15, 0.2) is 10.6 Å². The van der Waals surface area contributed by atoms with Gasteiger partial charge in [-0.15, -0.1) is 0 Å². The van der Waals surface area contributed by atoms with Crippen molar-refractivity contribution in [2.24, 2.45) is 5.73 Å². The second kappa shape index (κ2) is 2.65. The molecule has 1 aromatic heterocycles. The number of carbonyl (C=O) groups excluding carboxylic acids is 1. The molecule has 0 radical (unpaired) electrons. The fourth-order valence-corrected chi connectivity index (χ4v) is 0.502. The van der Waals surface area contributed by atoms with E-state index in [9.17, 15) is 13.6 Å². The van der Waals surface area contributed by atoms with Crippen LogP contribution in [0, 0.1) is 0 Å². The molecule has 0 saturated carbocycles. The van der Waals surface area contributed by atoms with Gasteiger partial charge >= 0.3 is 6.43 Å². The molecule has 1 amide bonds. The second-order valence-electron chi connectivity index (χ2n) is 1.73. The van der Waals surface area contributed by atoms with Crippen LogP contribution in [0.4, 0.5) is 8.78 Å². The van der Waals surface area contributed by atoms with Crippen LogP contribution in [0.1, 0.15) is 22.9 Å². The molecule has 1 rings (SSSR count). The third-order valence-electron chi connectivity index (χ3n) is 0.953. The van der Waals surface area contributed by atoms with Crippen molar-refractivity contribution in [3.05, 3.63) is 17.8 Å². The largest absolute Gasteiger partial charge is 0.430 e. The van der Waals surface area contributed by atoms with E-state index in [0.29, 0.717) is 0 Å². The Balaban J connectivity index is 2.90. The Morgan fingerprint density at radius 3 is 2.64 bits per heavy atom. The van der Waals surface area contributed by atoms with Crippen LogP contribution in [0.3, 0.4) is 0 Å². The van der Waals surface area contributed by atoms with Crippen LogP contribution in [-0.4, -0.2) is 10.9 Å². The van der Waals surface area contributed by atoms with Gasteiger partial charge in [-0.05, 0) is 0 Å². The summed E-state index contributed by atoms with van der Waals surface area (Å²) in [7, 11) is 0. The number of rotatable bonds is 2. The third-order valence-corrected chi connectivity index (χ3v) is 0.953. The van der Waals surface area contributed by atoms with Crippen molar-refractivity contribution in [3.63, 3.8) is 0 Å². The first-order chi connectivity index (χ1) is 5.11.